The Morgan fingerprint density at radius 2 is 1.71 bits per heavy atom. The van der Waals surface area contributed by atoms with Gasteiger partial charge in [-0.1, -0.05) is 60.8 Å². The summed E-state index contributed by atoms with van der Waals surface area (Å²) < 4.78 is 23.9. The molecule has 0 unspecified atom stereocenters. The summed E-state index contributed by atoms with van der Waals surface area (Å²) in [5.74, 6) is -0.779. The first kappa shape index (κ1) is 26.0. The number of carbonyl (C=O) groups is 2. The maximum absolute atomic E-state index is 13.2. The summed E-state index contributed by atoms with van der Waals surface area (Å²) in [6, 6.07) is 18.4. The summed E-state index contributed by atoms with van der Waals surface area (Å²) in [5, 5.41) is 12.8. The summed E-state index contributed by atoms with van der Waals surface area (Å²) in [4.78, 5) is 29.3. The molecule has 2 atom stereocenters. The van der Waals surface area contributed by atoms with Gasteiger partial charge in [-0.15, -0.1) is 0 Å². The van der Waals surface area contributed by atoms with Crippen molar-refractivity contribution in [2.75, 3.05) is 5.32 Å². The minimum Gasteiger partial charge on any atom is -0.360 e. The number of fused-ring (bicyclic) bond motifs is 1. The van der Waals surface area contributed by atoms with Gasteiger partial charge in [0.2, 0.25) is 15.9 Å². The van der Waals surface area contributed by atoms with Gasteiger partial charge in [0.05, 0.1) is 15.8 Å². The summed E-state index contributed by atoms with van der Waals surface area (Å²) in [7, 11) is -3.88. The molecule has 0 aliphatic heterocycles. The van der Waals surface area contributed by atoms with E-state index in [1.807, 2.05) is 0 Å². The van der Waals surface area contributed by atoms with E-state index in [4.69, 9.17) is 16.7 Å². The van der Waals surface area contributed by atoms with E-state index in [9.17, 15) is 18.0 Å². The standard InChI is InChI=1S/C28H27ClN4O4S/c29-23-16-31-25-15-18(11-14-21(23)25)27(34)33-24-7-3-1-6-22(24)28(35)32-19-12-9-17(10-13-19)20-5-2-4-8-26(20)38(30,36)37/h2,4-5,8-16,22,24,31H,1,3,6-7H2,(H,32,35)(H,33,34)(H2,30,36,37)/t22-,24+/m0/s1. The predicted octanol–water partition coefficient (Wildman–Crippen LogP) is 5.06. The zero-order chi connectivity index (χ0) is 26.9. The molecule has 1 aliphatic carbocycles. The van der Waals surface area contributed by atoms with Crippen LogP contribution in [0, 0.1) is 5.92 Å². The Balaban J connectivity index is 1.28. The van der Waals surface area contributed by atoms with Crippen LogP contribution in [0.2, 0.25) is 5.02 Å². The second-order valence-corrected chi connectivity index (χ2v) is 11.4. The second kappa shape index (κ2) is 10.6. The molecule has 0 bridgehead atoms. The van der Waals surface area contributed by atoms with Crippen LogP contribution >= 0.6 is 11.6 Å². The third-order valence-corrected chi connectivity index (χ3v) is 8.25. The number of hydrogen-bond donors (Lipinski definition) is 4. The number of sulfonamides is 1. The number of carbonyl (C=O) groups excluding carboxylic acids is 2. The van der Waals surface area contributed by atoms with E-state index >= 15 is 0 Å². The Kier molecular flexibility index (Phi) is 7.25. The van der Waals surface area contributed by atoms with E-state index in [1.165, 1.54) is 6.07 Å². The van der Waals surface area contributed by atoms with Crippen molar-refractivity contribution in [1.29, 1.82) is 0 Å². The number of anilines is 1. The number of H-pyrrole nitrogens is 1. The molecule has 4 aromatic rings. The number of nitrogens with one attached hydrogen (secondary N) is 3. The Hall–Kier alpha value is -3.66. The highest BCUT2D eigenvalue weighted by molar-refractivity contribution is 7.89. The molecule has 10 heteroatoms. The lowest BCUT2D eigenvalue weighted by molar-refractivity contribution is -0.121. The van der Waals surface area contributed by atoms with Crippen molar-refractivity contribution in [3.8, 4) is 11.1 Å². The van der Waals surface area contributed by atoms with Crippen molar-refractivity contribution < 1.29 is 18.0 Å². The number of hydrogen-bond acceptors (Lipinski definition) is 4. The number of benzene rings is 3. The average molecular weight is 551 g/mol. The smallest absolute Gasteiger partial charge is 0.251 e. The number of aromatic nitrogens is 1. The van der Waals surface area contributed by atoms with Crippen LogP contribution in [-0.2, 0) is 14.8 Å². The summed E-state index contributed by atoms with van der Waals surface area (Å²) in [5.41, 5.74) is 3.00. The van der Waals surface area contributed by atoms with E-state index in [0.29, 0.717) is 40.2 Å². The van der Waals surface area contributed by atoms with E-state index < -0.39 is 10.0 Å². The first-order valence-electron chi connectivity index (χ1n) is 12.3. The highest BCUT2D eigenvalue weighted by atomic mass is 35.5. The summed E-state index contributed by atoms with van der Waals surface area (Å²) >= 11 is 6.14. The minimum absolute atomic E-state index is 0.0380. The van der Waals surface area contributed by atoms with Crippen LogP contribution in [0.3, 0.4) is 0 Å². The molecular weight excluding hydrogens is 524 g/mol. The molecule has 1 heterocycles. The Morgan fingerprint density at radius 3 is 2.47 bits per heavy atom. The van der Waals surface area contributed by atoms with Crippen LogP contribution in [0.4, 0.5) is 5.69 Å². The van der Waals surface area contributed by atoms with Crippen LogP contribution < -0.4 is 15.8 Å². The fraction of sp³-hybridized carbons (Fsp3) is 0.214. The third kappa shape index (κ3) is 5.45. The van der Waals surface area contributed by atoms with Gasteiger partial charge in [0.1, 0.15) is 0 Å². The van der Waals surface area contributed by atoms with Crippen LogP contribution in [0.1, 0.15) is 36.0 Å². The number of halogens is 1. The normalized spacial score (nSPS) is 17.7. The van der Waals surface area contributed by atoms with Gasteiger partial charge < -0.3 is 15.6 Å². The monoisotopic (exact) mass is 550 g/mol. The molecule has 196 valence electrons. The van der Waals surface area contributed by atoms with E-state index in [-0.39, 0.29) is 28.7 Å². The Morgan fingerprint density at radius 1 is 0.974 bits per heavy atom. The van der Waals surface area contributed by atoms with Crippen molar-refractivity contribution in [1.82, 2.24) is 10.3 Å². The van der Waals surface area contributed by atoms with Gasteiger partial charge in [0.15, 0.2) is 0 Å². The van der Waals surface area contributed by atoms with Crippen molar-refractivity contribution in [3.05, 3.63) is 83.5 Å². The fourth-order valence-corrected chi connectivity index (χ4v) is 6.00. The van der Waals surface area contributed by atoms with Crippen molar-refractivity contribution in [2.45, 2.75) is 36.6 Å². The maximum atomic E-state index is 13.2. The Labute approximate surface area is 225 Å². The number of amides is 2. The van der Waals surface area contributed by atoms with Gasteiger partial charge in [0, 0.05) is 40.0 Å². The molecule has 0 spiro atoms. The molecule has 1 fully saturated rings. The molecule has 3 aromatic carbocycles. The highest BCUT2D eigenvalue weighted by Gasteiger charge is 2.32. The maximum Gasteiger partial charge on any atom is 0.251 e. The molecular formula is C28H27ClN4O4S. The van der Waals surface area contributed by atoms with Crippen molar-refractivity contribution in [2.24, 2.45) is 11.1 Å². The minimum atomic E-state index is -3.88. The number of aromatic amines is 1. The molecule has 5 rings (SSSR count). The van der Waals surface area contributed by atoms with Crippen molar-refractivity contribution in [3.63, 3.8) is 0 Å². The molecule has 1 aliphatic rings. The topological polar surface area (TPSA) is 134 Å². The zero-order valence-electron chi connectivity index (χ0n) is 20.4. The van der Waals surface area contributed by atoms with Gasteiger partial charge in [-0.05, 0) is 48.7 Å². The van der Waals surface area contributed by atoms with Crippen LogP contribution in [0.5, 0.6) is 0 Å². The van der Waals surface area contributed by atoms with Crippen molar-refractivity contribution >= 4 is 50.0 Å². The van der Waals surface area contributed by atoms with Gasteiger partial charge >= 0.3 is 0 Å². The number of rotatable bonds is 6. The van der Waals surface area contributed by atoms with Gasteiger partial charge in [0.25, 0.3) is 5.91 Å². The van der Waals surface area contributed by atoms with Crippen LogP contribution in [0.15, 0.2) is 77.8 Å². The van der Waals surface area contributed by atoms with E-state index in [2.05, 4.69) is 15.6 Å². The van der Waals surface area contributed by atoms with Gasteiger partial charge in [-0.3, -0.25) is 9.59 Å². The lowest BCUT2D eigenvalue weighted by atomic mass is 9.83. The Bertz CT molecular complexity index is 1620. The molecule has 0 saturated heterocycles. The zero-order valence-corrected chi connectivity index (χ0v) is 22.0. The predicted molar refractivity (Wildman–Crippen MR) is 148 cm³/mol. The molecule has 1 saturated carbocycles. The SMILES string of the molecule is NS(=O)(=O)c1ccccc1-c1ccc(NC(=O)[C@H]2CCCC[C@H]2NC(=O)c2ccc3c(Cl)c[nH]c3c2)cc1. The second-order valence-electron chi connectivity index (χ2n) is 9.48. The first-order valence-corrected chi connectivity index (χ1v) is 14.2. The highest BCUT2D eigenvalue weighted by Crippen LogP contribution is 2.30. The average Bonchev–Trinajstić information content (AvgIpc) is 3.29. The van der Waals surface area contributed by atoms with E-state index in [0.717, 1.165) is 23.7 Å². The van der Waals surface area contributed by atoms with Gasteiger partial charge in [-0.25, -0.2) is 13.6 Å². The number of primary sulfonamides is 1. The largest absolute Gasteiger partial charge is 0.360 e. The van der Waals surface area contributed by atoms with Gasteiger partial charge in [-0.2, -0.15) is 0 Å². The third-order valence-electron chi connectivity index (χ3n) is 6.97. The van der Waals surface area contributed by atoms with E-state index in [1.54, 1.807) is 66.9 Å². The molecule has 38 heavy (non-hydrogen) atoms. The molecule has 0 radical (unpaired) electrons. The number of nitrogens with two attached hydrogens (primary N) is 1. The quantitative estimate of drug-likeness (QED) is 0.267. The summed E-state index contributed by atoms with van der Waals surface area (Å²) in [6.07, 6.45) is 4.89. The lowest BCUT2D eigenvalue weighted by Gasteiger charge is -2.31. The first-order chi connectivity index (χ1) is 18.2. The fourth-order valence-electron chi connectivity index (χ4n) is 5.02. The van der Waals surface area contributed by atoms with Crippen LogP contribution in [0.25, 0.3) is 22.0 Å². The molecule has 1 aromatic heterocycles. The summed E-state index contributed by atoms with van der Waals surface area (Å²) in [6.45, 7) is 0. The lowest BCUT2D eigenvalue weighted by Crippen LogP contribution is -2.46. The molecule has 8 nitrogen and oxygen atoms in total. The van der Waals surface area contributed by atoms with Crippen LogP contribution in [-0.4, -0.2) is 31.3 Å². The molecule has 5 N–H and O–H groups in total. The molecule has 2 amide bonds.